The maximum absolute atomic E-state index is 12.7. The number of amides is 2. The van der Waals surface area contributed by atoms with Gasteiger partial charge in [0.05, 0.1) is 10.9 Å². The minimum absolute atomic E-state index is 0.0345. The van der Waals surface area contributed by atoms with Crippen LogP contribution in [0.5, 0.6) is 0 Å². The van der Waals surface area contributed by atoms with Gasteiger partial charge < -0.3 is 16.0 Å². The fourth-order valence-electron chi connectivity index (χ4n) is 3.07. The van der Waals surface area contributed by atoms with Gasteiger partial charge in [-0.15, -0.1) is 11.8 Å². The molecule has 0 saturated carbocycles. The van der Waals surface area contributed by atoms with Crippen LogP contribution in [0.3, 0.4) is 0 Å². The molecule has 1 unspecified atom stereocenters. The second-order valence-electron chi connectivity index (χ2n) is 6.71. The predicted molar refractivity (Wildman–Crippen MR) is 115 cm³/mol. The number of thioether (sulfide) groups is 1. The van der Waals surface area contributed by atoms with Crippen LogP contribution >= 0.6 is 23.7 Å². The van der Waals surface area contributed by atoms with Crippen molar-refractivity contribution in [3.63, 3.8) is 0 Å². The molecule has 1 fully saturated rings. The molecule has 3 N–H and O–H groups in total. The van der Waals surface area contributed by atoms with Crippen LogP contribution in [-0.4, -0.2) is 47.5 Å². The number of hydrogen-bond acceptors (Lipinski definition) is 6. The van der Waals surface area contributed by atoms with Crippen molar-refractivity contribution in [3.05, 3.63) is 48.0 Å². The van der Waals surface area contributed by atoms with Gasteiger partial charge in [0.15, 0.2) is 0 Å². The number of anilines is 2. The molecule has 2 amide bonds. The van der Waals surface area contributed by atoms with Gasteiger partial charge in [-0.2, -0.15) is 0 Å². The number of piperazine rings is 1. The van der Waals surface area contributed by atoms with Crippen molar-refractivity contribution in [2.75, 3.05) is 36.8 Å². The van der Waals surface area contributed by atoms with Crippen LogP contribution in [0.4, 0.5) is 11.4 Å². The lowest BCUT2D eigenvalue weighted by atomic mass is 10.1. The summed E-state index contributed by atoms with van der Waals surface area (Å²) >= 11 is 3.22. The van der Waals surface area contributed by atoms with Gasteiger partial charge in [-0.1, -0.05) is 6.07 Å². The van der Waals surface area contributed by atoms with Gasteiger partial charge in [-0.25, -0.2) is 4.31 Å². The molecule has 1 atom stereocenters. The second-order valence-corrected chi connectivity index (χ2v) is 9.27. The van der Waals surface area contributed by atoms with Crippen LogP contribution in [0.1, 0.15) is 17.3 Å². The second kappa shape index (κ2) is 8.57. The van der Waals surface area contributed by atoms with Crippen molar-refractivity contribution >= 4 is 46.9 Å². The van der Waals surface area contributed by atoms with Gasteiger partial charge in [0.2, 0.25) is 5.91 Å². The van der Waals surface area contributed by atoms with E-state index in [1.807, 2.05) is 31.2 Å². The smallest absolute Gasteiger partial charge is 0.255 e. The number of carbonyl (C=O) groups excluding carboxylic acids is 2. The Bertz CT molecular complexity index is 900. The van der Waals surface area contributed by atoms with E-state index in [0.29, 0.717) is 11.3 Å². The first-order valence-electron chi connectivity index (χ1n) is 9.25. The first kappa shape index (κ1) is 19.3. The summed E-state index contributed by atoms with van der Waals surface area (Å²) in [6.45, 7) is 5.86. The molecule has 0 radical (unpaired) electrons. The molecular formula is C20H22N4O2S2. The molecule has 146 valence electrons. The summed E-state index contributed by atoms with van der Waals surface area (Å²) in [5, 5.41) is 9.05. The number of benzene rings is 2. The van der Waals surface area contributed by atoms with Crippen LogP contribution in [-0.2, 0) is 4.79 Å². The normalized spacial score (nSPS) is 19.6. The van der Waals surface area contributed by atoms with Crippen LogP contribution in [0.15, 0.2) is 52.3 Å². The third-order valence-electron chi connectivity index (χ3n) is 4.57. The van der Waals surface area contributed by atoms with E-state index in [1.54, 1.807) is 24.1 Å². The molecule has 0 aromatic heterocycles. The molecule has 0 spiro atoms. The van der Waals surface area contributed by atoms with Gasteiger partial charge in [0.25, 0.3) is 5.91 Å². The molecule has 4 rings (SSSR count). The van der Waals surface area contributed by atoms with Gasteiger partial charge in [0, 0.05) is 47.2 Å². The average Bonchev–Trinajstić information content (AvgIpc) is 2.69. The van der Waals surface area contributed by atoms with E-state index in [2.05, 4.69) is 26.3 Å². The fraction of sp³-hybridized carbons (Fsp3) is 0.300. The number of fused-ring (bicyclic) bond motifs is 1. The molecule has 0 aliphatic carbocycles. The number of nitrogens with zero attached hydrogens (tertiary/aromatic N) is 1. The summed E-state index contributed by atoms with van der Waals surface area (Å²) in [5.41, 5.74) is 1.98. The minimum Gasteiger partial charge on any atom is -0.324 e. The lowest BCUT2D eigenvalue weighted by Crippen LogP contribution is -2.39. The van der Waals surface area contributed by atoms with Crippen molar-refractivity contribution in [3.8, 4) is 0 Å². The molecule has 2 aromatic carbocycles. The van der Waals surface area contributed by atoms with Crippen LogP contribution in [0.25, 0.3) is 0 Å². The summed E-state index contributed by atoms with van der Waals surface area (Å²) in [7, 11) is 0. The molecular weight excluding hydrogens is 392 g/mol. The highest BCUT2D eigenvalue weighted by molar-refractivity contribution is 8.01. The van der Waals surface area contributed by atoms with Crippen molar-refractivity contribution in [2.24, 2.45) is 0 Å². The third-order valence-corrected chi connectivity index (χ3v) is 6.84. The van der Waals surface area contributed by atoms with Crippen LogP contribution < -0.4 is 16.0 Å². The number of nitrogens with one attached hydrogen (secondary N) is 3. The van der Waals surface area contributed by atoms with Gasteiger partial charge in [-0.05, 0) is 55.3 Å². The van der Waals surface area contributed by atoms with Gasteiger partial charge in [0.1, 0.15) is 0 Å². The molecule has 2 aliphatic heterocycles. The summed E-state index contributed by atoms with van der Waals surface area (Å²) in [4.78, 5) is 26.7. The number of hydrogen-bond donors (Lipinski definition) is 3. The summed E-state index contributed by atoms with van der Waals surface area (Å²) in [5.74, 6) is -0.224. The van der Waals surface area contributed by atoms with E-state index >= 15 is 0 Å². The Hall–Kier alpha value is -2.00. The SMILES string of the molecule is CC1Sc2ccc(C(=O)Nc3cccc(SN4CCNCC4)c3)cc2NC1=O. The number of rotatable bonds is 4. The Kier molecular flexibility index (Phi) is 5.91. The molecule has 2 heterocycles. The Morgan fingerprint density at radius 3 is 2.86 bits per heavy atom. The standard InChI is InChI=1S/C20H22N4O2S2/c1-13-19(25)23-17-11-14(5-6-18(17)27-13)20(26)22-15-3-2-4-16(12-15)28-24-9-7-21-8-10-24/h2-6,11-13,21H,7-10H2,1H3,(H,22,26)(H,23,25). The zero-order valence-electron chi connectivity index (χ0n) is 15.5. The largest absolute Gasteiger partial charge is 0.324 e. The molecule has 2 aromatic rings. The van der Waals surface area contributed by atoms with Crippen molar-refractivity contribution in [2.45, 2.75) is 22.0 Å². The summed E-state index contributed by atoms with van der Waals surface area (Å²) in [6.07, 6.45) is 0. The van der Waals surface area contributed by atoms with Crippen molar-refractivity contribution in [1.29, 1.82) is 0 Å². The van der Waals surface area contributed by atoms with E-state index in [1.165, 1.54) is 11.8 Å². The highest BCUT2D eigenvalue weighted by Gasteiger charge is 2.23. The van der Waals surface area contributed by atoms with E-state index in [9.17, 15) is 9.59 Å². The Morgan fingerprint density at radius 2 is 2.04 bits per heavy atom. The van der Waals surface area contributed by atoms with Gasteiger partial charge in [-0.3, -0.25) is 9.59 Å². The molecule has 8 heteroatoms. The molecule has 28 heavy (non-hydrogen) atoms. The molecule has 0 bridgehead atoms. The number of carbonyl (C=O) groups is 2. The Balaban J connectivity index is 1.44. The predicted octanol–water partition coefficient (Wildman–Crippen LogP) is 3.28. The van der Waals surface area contributed by atoms with Crippen molar-refractivity contribution in [1.82, 2.24) is 9.62 Å². The first-order valence-corrected chi connectivity index (χ1v) is 10.9. The maximum Gasteiger partial charge on any atom is 0.255 e. The Labute approximate surface area is 173 Å². The van der Waals surface area contributed by atoms with E-state index in [0.717, 1.165) is 41.7 Å². The lowest BCUT2D eigenvalue weighted by Gasteiger charge is -2.26. The average molecular weight is 415 g/mol. The first-order chi connectivity index (χ1) is 13.6. The Morgan fingerprint density at radius 1 is 1.21 bits per heavy atom. The maximum atomic E-state index is 12.7. The minimum atomic E-state index is -0.190. The van der Waals surface area contributed by atoms with Crippen LogP contribution in [0.2, 0.25) is 0 Å². The summed E-state index contributed by atoms with van der Waals surface area (Å²) in [6, 6.07) is 13.3. The molecule has 6 nitrogen and oxygen atoms in total. The molecule has 1 saturated heterocycles. The van der Waals surface area contributed by atoms with E-state index in [-0.39, 0.29) is 17.1 Å². The molecule has 2 aliphatic rings. The third kappa shape index (κ3) is 4.52. The zero-order valence-corrected chi connectivity index (χ0v) is 17.2. The van der Waals surface area contributed by atoms with Gasteiger partial charge >= 0.3 is 0 Å². The highest BCUT2D eigenvalue weighted by atomic mass is 32.2. The fourth-order valence-corrected chi connectivity index (χ4v) is 4.98. The monoisotopic (exact) mass is 414 g/mol. The van der Waals surface area contributed by atoms with Crippen LogP contribution in [0, 0.1) is 0 Å². The van der Waals surface area contributed by atoms with E-state index in [4.69, 9.17) is 0 Å². The topological polar surface area (TPSA) is 73.5 Å². The lowest BCUT2D eigenvalue weighted by molar-refractivity contribution is -0.115. The zero-order chi connectivity index (χ0) is 19.5. The van der Waals surface area contributed by atoms with E-state index < -0.39 is 0 Å². The van der Waals surface area contributed by atoms with Crippen molar-refractivity contribution < 1.29 is 9.59 Å². The summed E-state index contributed by atoms with van der Waals surface area (Å²) < 4.78 is 2.32. The quantitative estimate of drug-likeness (QED) is 0.667. The highest BCUT2D eigenvalue weighted by Crippen LogP contribution is 2.36.